The number of rotatable bonds is 4. The van der Waals surface area contributed by atoms with Crippen molar-refractivity contribution < 1.29 is 23.8 Å². The lowest BCUT2D eigenvalue weighted by molar-refractivity contribution is -0.120. The number of hydrogen-bond acceptors (Lipinski definition) is 6. The molecule has 3 aromatic rings. The number of ether oxygens (including phenoxy) is 3. The lowest BCUT2D eigenvalue weighted by atomic mass is 9.86. The van der Waals surface area contributed by atoms with Crippen molar-refractivity contribution in [2.75, 3.05) is 13.4 Å². The van der Waals surface area contributed by atoms with Crippen molar-refractivity contribution in [2.45, 2.75) is 26.2 Å². The predicted octanol–water partition coefficient (Wildman–Crippen LogP) is 4.59. The van der Waals surface area contributed by atoms with Gasteiger partial charge in [0.2, 0.25) is 6.79 Å². The Bertz CT molecular complexity index is 1240. The quantitative estimate of drug-likeness (QED) is 0.581. The van der Waals surface area contributed by atoms with Gasteiger partial charge in [-0.2, -0.15) is 0 Å². The number of aromatic nitrogens is 1. The maximum atomic E-state index is 13.0. The fourth-order valence-electron chi connectivity index (χ4n) is 4.15. The van der Waals surface area contributed by atoms with Gasteiger partial charge in [-0.05, 0) is 67.2 Å². The van der Waals surface area contributed by atoms with Gasteiger partial charge in [0, 0.05) is 5.39 Å². The Balaban J connectivity index is 1.63. The van der Waals surface area contributed by atoms with E-state index in [0.717, 1.165) is 64.1 Å². The molecule has 156 valence electrons. The van der Waals surface area contributed by atoms with Gasteiger partial charge >= 0.3 is 5.97 Å². The maximum absolute atomic E-state index is 13.0. The highest BCUT2D eigenvalue weighted by Gasteiger charge is 2.26. The van der Waals surface area contributed by atoms with Crippen LogP contribution in [0.2, 0.25) is 0 Å². The molecule has 0 saturated carbocycles. The molecule has 0 atom stereocenters. The Morgan fingerprint density at radius 2 is 1.94 bits per heavy atom. The average Bonchev–Trinajstić information content (AvgIpc) is 3.24. The molecule has 6 nitrogen and oxygen atoms in total. The molecule has 31 heavy (non-hydrogen) atoms. The highest BCUT2D eigenvalue weighted by molar-refractivity contribution is 6.07. The third-order valence-corrected chi connectivity index (χ3v) is 5.52. The minimum absolute atomic E-state index is 0.191. The molecule has 2 aromatic carbocycles. The molecule has 2 heterocycles. The molecule has 0 spiro atoms. The molecular weight excluding hydrogens is 394 g/mol. The summed E-state index contributed by atoms with van der Waals surface area (Å²) in [6.45, 7) is 1.40. The Morgan fingerprint density at radius 1 is 1.10 bits per heavy atom. The Hall–Kier alpha value is -3.67. The first-order valence-electron chi connectivity index (χ1n) is 10.3. The molecule has 0 saturated heterocycles. The molecule has 0 bridgehead atoms. The van der Waals surface area contributed by atoms with Crippen LogP contribution in [0.3, 0.4) is 0 Å². The van der Waals surface area contributed by atoms with E-state index in [4.69, 9.17) is 19.2 Å². The first-order valence-corrected chi connectivity index (χ1v) is 10.3. The van der Waals surface area contributed by atoms with E-state index in [1.807, 2.05) is 42.5 Å². The number of ketones is 1. The first kappa shape index (κ1) is 19.3. The number of fused-ring (bicyclic) bond motifs is 3. The molecule has 0 N–H and O–H groups in total. The fraction of sp³-hybridized carbons (Fsp3) is 0.240. The smallest absolute Gasteiger partial charge is 0.339 e. The van der Waals surface area contributed by atoms with Crippen LogP contribution in [0.4, 0.5) is 0 Å². The Kier molecular flexibility index (Phi) is 4.90. The van der Waals surface area contributed by atoms with Crippen LogP contribution in [0.15, 0.2) is 42.5 Å². The number of hydrogen-bond donors (Lipinski definition) is 0. The summed E-state index contributed by atoms with van der Waals surface area (Å²) in [4.78, 5) is 29.2. The van der Waals surface area contributed by atoms with Crippen molar-refractivity contribution in [3.05, 3.63) is 64.8 Å². The van der Waals surface area contributed by atoms with E-state index in [9.17, 15) is 9.59 Å². The second kappa shape index (κ2) is 7.87. The third kappa shape index (κ3) is 3.65. The molecule has 0 amide bonds. The van der Waals surface area contributed by atoms with Gasteiger partial charge in [-0.3, -0.25) is 4.79 Å². The van der Waals surface area contributed by atoms with Crippen LogP contribution in [-0.4, -0.2) is 30.1 Å². The number of Topliss-reactive ketones (excluding diaryl/α,β-unsaturated/α-hetero) is 1. The van der Waals surface area contributed by atoms with Crippen LogP contribution >= 0.6 is 0 Å². The summed E-state index contributed by atoms with van der Waals surface area (Å²) in [5, 5.41) is 0.749. The highest BCUT2D eigenvalue weighted by atomic mass is 16.7. The van der Waals surface area contributed by atoms with Crippen LogP contribution in [0.5, 0.6) is 11.5 Å². The third-order valence-electron chi connectivity index (χ3n) is 5.52. The number of para-hydroxylation sites is 1. The zero-order valence-corrected chi connectivity index (χ0v) is 17.1. The minimum atomic E-state index is -0.477. The Labute approximate surface area is 179 Å². The van der Waals surface area contributed by atoms with E-state index in [-0.39, 0.29) is 19.2 Å². The molecule has 0 fully saturated rings. The number of carbonyl (C=O) groups excluding carboxylic acids is 2. The normalized spacial score (nSPS) is 15.7. The van der Waals surface area contributed by atoms with Crippen LogP contribution in [0, 0.1) is 0 Å². The van der Waals surface area contributed by atoms with Gasteiger partial charge in [0.25, 0.3) is 0 Å². The van der Waals surface area contributed by atoms with Gasteiger partial charge in [0.15, 0.2) is 17.3 Å². The van der Waals surface area contributed by atoms with Crippen LogP contribution < -0.4 is 9.47 Å². The van der Waals surface area contributed by atoms with Crippen LogP contribution in [0.25, 0.3) is 22.6 Å². The second-order valence-corrected chi connectivity index (χ2v) is 7.75. The van der Waals surface area contributed by atoms with Gasteiger partial charge in [0.1, 0.15) is 6.61 Å². The van der Waals surface area contributed by atoms with Gasteiger partial charge in [-0.25, -0.2) is 9.78 Å². The topological polar surface area (TPSA) is 74.7 Å². The van der Waals surface area contributed by atoms with Crippen molar-refractivity contribution in [3.63, 3.8) is 0 Å². The van der Waals surface area contributed by atoms with Crippen molar-refractivity contribution in [1.29, 1.82) is 0 Å². The molecule has 1 aromatic heterocycles. The number of nitrogens with zero attached hydrogens (tertiary/aromatic N) is 1. The summed E-state index contributed by atoms with van der Waals surface area (Å²) >= 11 is 0. The van der Waals surface area contributed by atoms with Gasteiger partial charge in [-0.15, -0.1) is 0 Å². The molecule has 2 aliphatic rings. The van der Waals surface area contributed by atoms with Crippen molar-refractivity contribution >= 4 is 34.3 Å². The summed E-state index contributed by atoms with van der Waals surface area (Å²) in [7, 11) is 0. The van der Waals surface area contributed by atoms with E-state index < -0.39 is 5.97 Å². The molecule has 6 heteroatoms. The largest absolute Gasteiger partial charge is 0.454 e. The second-order valence-electron chi connectivity index (χ2n) is 7.75. The molecule has 5 rings (SSSR count). The van der Waals surface area contributed by atoms with E-state index in [1.54, 1.807) is 0 Å². The molecular formula is C25H21NO5. The summed E-state index contributed by atoms with van der Waals surface area (Å²) < 4.78 is 16.2. The summed E-state index contributed by atoms with van der Waals surface area (Å²) in [6.07, 6.45) is 4.58. The zero-order valence-electron chi connectivity index (χ0n) is 17.1. The number of esters is 1. The van der Waals surface area contributed by atoms with E-state index >= 15 is 0 Å². The van der Waals surface area contributed by atoms with Crippen molar-refractivity contribution in [3.8, 4) is 11.5 Å². The lowest BCUT2D eigenvalue weighted by Crippen LogP contribution is -2.17. The number of carbonyl (C=O) groups is 2. The van der Waals surface area contributed by atoms with Gasteiger partial charge in [-0.1, -0.05) is 24.3 Å². The van der Waals surface area contributed by atoms with Crippen molar-refractivity contribution in [2.24, 2.45) is 0 Å². The molecule has 0 unspecified atom stereocenters. The highest BCUT2D eigenvalue weighted by Crippen LogP contribution is 2.38. The fourth-order valence-corrected chi connectivity index (χ4v) is 4.15. The summed E-state index contributed by atoms with van der Waals surface area (Å²) in [5.74, 6) is 0.800. The number of allylic oxidation sites excluding steroid dienone is 1. The van der Waals surface area contributed by atoms with Crippen LogP contribution in [0.1, 0.15) is 46.9 Å². The lowest BCUT2D eigenvalue weighted by Gasteiger charge is -2.22. The zero-order chi connectivity index (χ0) is 21.4. The standard InChI is InChI=1S/C25H21NO5/c1-15(27)13-29-25(28)23-18-6-2-3-8-20(18)26-24-17(5-4-7-19(23)24)11-16-9-10-21-22(12-16)31-14-30-21/h2-3,6,8-12H,4-5,7,13-14H2,1H3/b17-11+. The summed E-state index contributed by atoms with van der Waals surface area (Å²) in [5.41, 5.74) is 4.99. The molecule has 1 aliphatic carbocycles. The van der Waals surface area contributed by atoms with Crippen molar-refractivity contribution in [1.82, 2.24) is 4.98 Å². The monoisotopic (exact) mass is 415 g/mol. The van der Waals surface area contributed by atoms with E-state index in [1.165, 1.54) is 6.92 Å². The van der Waals surface area contributed by atoms with Crippen LogP contribution in [-0.2, 0) is 16.0 Å². The first-order chi connectivity index (χ1) is 15.1. The predicted molar refractivity (Wildman–Crippen MR) is 116 cm³/mol. The van der Waals surface area contributed by atoms with Gasteiger partial charge < -0.3 is 14.2 Å². The average molecular weight is 415 g/mol. The summed E-state index contributed by atoms with van der Waals surface area (Å²) in [6, 6.07) is 13.4. The maximum Gasteiger partial charge on any atom is 0.339 e. The number of benzene rings is 2. The molecule has 1 aliphatic heterocycles. The molecule has 0 radical (unpaired) electrons. The SMILES string of the molecule is CC(=O)COC(=O)c1c2c(nc3ccccc13)/C(=C/c1ccc3c(c1)OCO3)CCC2. The number of pyridine rings is 1. The minimum Gasteiger partial charge on any atom is -0.454 e. The Morgan fingerprint density at radius 3 is 2.81 bits per heavy atom. The van der Waals surface area contributed by atoms with Gasteiger partial charge in [0.05, 0.1) is 16.8 Å². The van der Waals surface area contributed by atoms with E-state index in [0.29, 0.717) is 5.56 Å². The van der Waals surface area contributed by atoms with E-state index in [2.05, 4.69) is 6.08 Å².